The van der Waals surface area contributed by atoms with E-state index >= 15 is 0 Å². The number of urea groups is 1. The quantitative estimate of drug-likeness (QED) is 0.934. The number of hydrogen-bond acceptors (Lipinski definition) is 4. The first-order chi connectivity index (χ1) is 12.3. The zero-order chi connectivity index (χ0) is 17.1. The molecule has 4 rings (SSSR count). The summed E-state index contributed by atoms with van der Waals surface area (Å²) >= 11 is 0. The van der Waals surface area contributed by atoms with E-state index in [1.807, 2.05) is 35.2 Å². The number of rotatable bonds is 3. The molecule has 3 heterocycles. The molecule has 25 heavy (non-hydrogen) atoms. The molecule has 1 aromatic carbocycles. The molecule has 0 aliphatic carbocycles. The zero-order valence-corrected chi connectivity index (χ0v) is 14.0. The summed E-state index contributed by atoms with van der Waals surface area (Å²) in [4.78, 5) is 18.6. The van der Waals surface area contributed by atoms with Crippen molar-refractivity contribution in [2.24, 2.45) is 0 Å². The smallest absolute Gasteiger partial charge is 0.318 e. The van der Waals surface area contributed by atoms with Crippen molar-refractivity contribution >= 4 is 6.03 Å². The summed E-state index contributed by atoms with van der Waals surface area (Å²) in [5.41, 5.74) is 2.09. The minimum atomic E-state index is -0.0405. The Morgan fingerprint density at radius 2 is 2.12 bits per heavy atom. The summed E-state index contributed by atoms with van der Waals surface area (Å²) < 4.78 is 11.3. The number of nitrogens with one attached hydrogen (secondary N) is 1. The highest BCUT2D eigenvalue weighted by molar-refractivity contribution is 5.75. The van der Waals surface area contributed by atoms with Crippen molar-refractivity contribution in [2.45, 2.75) is 25.4 Å². The number of amides is 2. The molecular weight excluding hydrogens is 318 g/mol. The number of pyridine rings is 1. The first-order valence-corrected chi connectivity index (χ1v) is 8.64. The van der Waals surface area contributed by atoms with Gasteiger partial charge < -0.3 is 19.7 Å². The fourth-order valence-corrected chi connectivity index (χ4v) is 3.41. The predicted molar refractivity (Wildman–Crippen MR) is 92.6 cm³/mol. The van der Waals surface area contributed by atoms with Crippen LogP contribution in [-0.2, 0) is 6.54 Å². The van der Waals surface area contributed by atoms with Gasteiger partial charge in [-0.15, -0.1) is 0 Å². The van der Waals surface area contributed by atoms with Gasteiger partial charge >= 0.3 is 6.03 Å². The van der Waals surface area contributed by atoms with Crippen LogP contribution in [0, 0.1) is 0 Å². The van der Waals surface area contributed by atoms with E-state index in [4.69, 9.17) is 9.47 Å². The van der Waals surface area contributed by atoms with Crippen LogP contribution in [0.25, 0.3) is 0 Å². The van der Waals surface area contributed by atoms with Crippen LogP contribution in [0.3, 0.4) is 0 Å². The summed E-state index contributed by atoms with van der Waals surface area (Å²) in [5.74, 6) is 1.55. The molecule has 2 aromatic rings. The Hall–Kier alpha value is -2.76. The number of benzene rings is 1. The SMILES string of the molecule is O=C(NCc1cccnc1)N1CCC[C@@H]1c1ccc2c(c1)OCCO2. The van der Waals surface area contributed by atoms with Crippen LogP contribution in [0.2, 0.25) is 0 Å². The Morgan fingerprint density at radius 3 is 2.96 bits per heavy atom. The monoisotopic (exact) mass is 339 g/mol. The molecule has 130 valence electrons. The molecular formula is C19H21N3O3. The van der Waals surface area contributed by atoms with E-state index in [0.29, 0.717) is 19.8 Å². The summed E-state index contributed by atoms with van der Waals surface area (Å²) in [5, 5.41) is 2.99. The minimum Gasteiger partial charge on any atom is -0.486 e. The topological polar surface area (TPSA) is 63.7 Å². The number of aromatic nitrogens is 1. The van der Waals surface area contributed by atoms with Crippen molar-refractivity contribution in [2.75, 3.05) is 19.8 Å². The number of fused-ring (bicyclic) bond motifs is 1. The third kappa shape index (κ3) is 3.38. The molecule has 2 aliphatic rings. The lowest BCUT2D eigenvalue weighted by atomic mass is 10.0. The molecule has 1 saturated heterocycles. The van der Waals surface area contributed by atoms with Crippen LogP contribution in [0.1, 0.15) is 30.0 Å². The first kappa shape index (κ1) is 15.7. The fourth-order valence-electron chi connectivity index (χ4n) is 3.41. The lowest BCUT2D eigenvalue weighted by Gasteiger charge is -2.27. The van der Waals surface area contributed by atoms with Gasteiger partial charge in [0.1, 0.15) is 13.2 Å². The number of carbonyl (C=O) groups is 1. The van der Waals surface area contributed by atoms with E-state index < -0.39 is 0 Å². The van der Waals surface area contributed by atoms with Gasteiger partial charge in [0.2, 0.25) is 0 Å². The summed E-state index contributed by atoms with van der Waals surface area (Å²) in [6, 6.07) is 9.83. The Labute approximate surface area is 146 Å². The van der Waals surface area contributed by atoms with Crippen molar-refractivity contribution in [1.29, 1.82) is 0 Å². The Morgan fingerprint density at radius 1 is 1.24 bits per heavy atom. The van der Waals surface area contributed by atoms with Crippen LogP contribution in [0.15, 0.2) is 42.7 Å². The number of likely N-dealkylation sites (tertiary alicyclic amines) is 1. The minimum absolute atomic E-state index is 0.0405. The van der Waals surface area contributed by atoms with E-state index in [0.717, 1.165) is 42.0 Å². The molecule has 1 atom stereocenters. The van der Waals surface area contributed by atoms with Gasteiger partial charge in [-0.1, -0.05) is 12.1 Å². The average molecular weight is 339 g/mol. The molecule has 6 heteroatoms. The Bertz CT molecular complexity index is 751. The number of hydrogen-bond donors (Lipinski definition) is 1. The number of ether oxygens (including phenoxy) is 2. The molecule has 1 aromatic heterocycles. The number of nitrogens with zero attached hydrogens (tertiary/aromatic N) is 2. The molecule has 0 spiro atoms. The van der Waals surface area contributed by atoms with Crippen molar-refractivity contribution in [3.8, 4) is 11.5 Å². The standard InChI is InChI=1S/C19H21N3O3/c23-19(21-13-14-3-1-7-20-12-14)22-8-2-4-16(22)15-5-6-17-18(11-15)25-10-9-24-17/h1,3,5-7,11-12,16H,2,4,8-10,13H2,(H,21,23)/t16-/m1/s1. The number of carbonyl (C=O) groups excluding carboxylic acids is 1. The van der Waals surface area contributed by atoms with Crippen LogP contribution in [0.4, 0.5) is 4.79 Å². The highest BCUT2D eigenvalue weighted by Gasteiger charge is 2.30. The maximum absolute atomic E-state index is 12.6. The Balaban J connectivity index is 1.45. The van der Waals surface area contributed by atoms with Crippen molar-refractivity contribution in [1.82, 2.24) is 15.2 Å². The van der Waals surface area contributed by atoms with E-state index in [1.54, 1.807) is 12.4 Å². The predicted octanol–water partition coefficient (Wildman–Crippen LogP) is 2.90. The van der Waals surface area contributed by atoms with Gasteiger partial charge in [0.05, 0.1) is 6.04 Å². The van der Waals surface area contributed by atoms with Crippen LogP contribution < -0.4 is 14.8 Å². The van der Waals surface area contributed by atoms with Crippen molar-refractivity contribution < 1.29 is 14.3 Å². The zero-order valence-electron chi connectivity index (χ0n) is 14.0. The second-order valence-electron chi connectivity index (χ2n) is 6.27. The summed E-state index contributed by atoms with van der Waals surface area (Å²) in [6.07, 6.45) is 5.45. The van der Waals surface area contributed by atoms with Gasteiger partial charge in [0, 0.05) is 25.5 Å². The second kappa shape index (κ2) is 7.01. The van der Waals surface area contributed by atoms with Gasteiger partial charge in [-0.25, -0.2) is 4.79 Å². The lowest BCUT2D eigenvalue weighted by Crippen LogP contribution is -2.39. The van der Waals surface area contributed by atoms with Gasteiger partial charge in [-0.05, 0) is 42.2 Å². The van der Waals surface area contributed by atoms with Gasteiger partial charge in [0.15, 0.2) is 11.5 Å². The maximum Gasteiger partial charge on any atom is 0.318 e. The molecule has 0 unspecified atom stereocenters. The molecule has 1 fully saturated rings. The first-order valence-electron chi connectivity index (χ1n) is 8.64. The molecule has 1 N–H and O–H groups in total. The molecule has 0 bridgehead atoms. The third-order valence-electron chi connectivity index (χ3n) is 4.63. The van der Waals surface area contributed by atoms with E-state index in [-0.39, 0.29) is 12.1 Å². The van der Waals surface area contributed by atoms with Gasteiger partial charge in [-0.3, -0.25) is 4.98 Å². The maximum atomic E-state index is 12.6. The Kier molecular flexibility index (Phi) is 4.41. The van der Waals surface area contributed by atoms with Gasteiger partial charge in [-0.2, -0.15) is 0 Å². The van der Waals surface area contributed by atoms with Crippen LogP contribution in [-0.4, -0.2) is 35.7 Å². The molecule has 6 nitrogen and oxygen atoms in total. The summed E-state index contributed by atoms with van der Waals surface area (Å²) in [6.45, 7) is 2.39. The fraction of sp³-hybridized carbons (Fsp3) is 0.368. The summed E-state index contributed by atoms with van der Waals surface area (Å²) in [7, 11) is 0. The van der Waals surface area contributed by atoms with Gasteiger partial charge in [0.25, 0.3) is 0 Å². The van der Waals surface area contributed by atoms with Crippen molar-refractivity contribution in [3.05, 3.63) is 53.9 Å². The lowest BCUT2D eigenvalue weighted by molar-refractivity contribution is 0.170. The average Bonchev–Trinajstić information content (AvgIpc) is 3.16. The second-order valence-corrected chi connectivity index (χ2v) is 6.27. The molecule has 2 amide bonds. The van der Waals surface area contributed by atoms with Crippen LogP contribution in [0.5, 0.6) is 11.5 Å². The molecule has 0 radical (unpaired) electrons. The van der Waals surface area contributed by atoms with E-state index in [1.165, 1.54) is 0 Å². The highest BCUT2D eigenvalue weighted by Crippen LogP contribution is 2.38. The van der Waals surface area contributed by atoms with Crippen LogP contribution >= 0.6 is 0 Å². The third-order valence-corrected chi connectivity index (χ3v) is 4.63. The van der Waals surface area contributed by atoms with E-state index in [2.05, 4.69) is 10.3 Å². The normalized spacial score (nSPS) is 18.9. The highest BCUT2D eigenvalue weighted by atomic mass is 16.6. The molecule has 0 saturated carbocycles. The molecule has 2 aliphatic heterocycles. The van der Waals surface area contributed by atoms with E-state index in [9.17, 15) is 4.79 Å². The van der Waals surface area contributed by atoms with Crippen molar-refractivity contribution in [3.63, 3.8) is 0 Å². The largest absolute Gasteiger partial charge is 0.486 e.